The molecule has 2 aromatic carbocycles. The predicted molar refractivity (Wildman–Crippen MR) is 157 cm³/mol. The third-order valence-corrected chi connectivity index (χ3v) is 7.25. The van der Waals surface area contributed by atoms with Gasteiger partial charge in [-0.15, -0.1) is 17.0 Å². The number of phenols is 1. The van der Waals surface area contributed by atoms with Crippen LogP contribution in [0.3, 0.4) is 0 Å². The molecule has 2 atom stereocenters. The Morgan fingerprint density at radius 2 is 1.58 bits per heavy atom. The lowest BCUT2D eigenvalue weighted by Gasteiger charge is -2.28. The Kier molecular flexibility index (Phi) is 9.98. The number of rotatable bonds is 7. The SMILES string of the molecule is Br.CCC[C@H]1CN(CC(=O)c2cc(C(C)(C)C)c(O)c(C(C)(C)C)c2)C(=NC)[C@@H]1Cc1ccccc1. The maximum Gasteiger partial charge on any atom is 0.182 e. The minimum Gasteiger partial charge on any atom is -0.507 e. The van der Waals surface area contributed by atoms with E-state index in [1.165, 1.54) is 5.56 Å². The largest absolute Gasteiger partial charge is 0.507 e. The van der Waals surface area contributed by atoms with Gasteiger partial charge in [-0.25, -0.2) is 0 Å². The Hall–Kier alpha value is -2.14. The topological polar surface area (TPSA) is 52.9 Å². The summed E-state index contributed by atoms with van der Waals surface area (Å²) in [5, 5.41) is 11.1. The third kappa shape index (κ3) is 6.79. The van der Waals surface area contributed by atoms with Crippen molar-refractivity contribution in [3.05, 3.63) is 64.7 Å². The quantitative estimate of drug-likeness (QED) is 0.362. The molecule has 36 heavy (non-hydrogen) atoms. The highest BCUT2D eigenvalue weighted by Crippen LogP contribution is 2.40. The second kappa shape index (κ2) is 11.9. The van der Waals surface area contributed by atoms with E-state index in [9.17, 15) is 9.90 Å². The van der Waals surface area contributed by atoms with E-state index in [2.05, 4.69) is 83.7 Å². The molecule has 1 N–H and O–H groups in total. The van der Waals surface area contributed by atoms with E-state index in [-0.39, 0.29) is 33.6 Å². The summed E-state index contributed by atoms with van der Waals surface area (Å²) in [7, 11) is 1.86. The average Bonchev–Trinajstić information content (AvgIpc) is 3.08. The van der Waals surface area contributed by atoms with Gasteiger partial charge in [0.25, 0.3) is 0 Å². The van der Waals surface area contributed by atoms with Gasteiger partial charge in [0.2, 0.25) is 0 Å². The van der Waals surface area contributed by atoms with Crippen molar-refractivity contribution in [2.75, 3.05) is 20.1 Å². The van der Waals surface area contributed by atoms with Crippen LogP contribution in [-0.4, -0.2) is 41.8 Å². The Morgan fingerprint density at radius 1 is 1.03 bits per heavy atom. The molecule has 0 saturated carbocycles. The molecule has 3 rings (SSSR count). The van der Waals surface area contributed by atoms with Crippen LogP contribution in [0.2, 0.25) is 0 Å². The van der Waals surface area contributed by atoms with Crippen molar-refractivity contribution >= 4 is 28.6 Å². The summed E-state index contributed by atoms with van der Waals surface area (Å²) in [4.78, 5) is 20.6. The number of benzene rings is 2. The van der Waals surface area contributed by atoms with Crippen LogP contribution in [-0.2, 0) is 17.3 Å². The molecule has 0 unspecified atom stereocenters. The summed E-state index contributed by atoms with van der Waals surface area (Å²) < 4.78 is 0. The molecule has 0 spiro atoms. The lowest BCUT2D eigenvalue weighted by Crippen LogP contribution is -2.33. The van der Waals surface area contributed by atoms with Gasteiger partial charge in [-0.3, -0.25) is 9.79 Å². The Bertz CT molecular complexity index is 1030. The van der Waals surface area contributed by atoms with Crippen molar-refractivity contribution < 1.29 is 9.90 Å². The van der Waals surface area contributed by atoms with E-state index in [0.717, 1.165) is 42.8 Å². The number of Topliss-reactive ketones (excluding diaryl/α,β-unsaturated/α-hetero) is 1. The molecule has 0 aliphatic carbocycles. The number of aliphatic imine (C=N–C) groups is 1. The normalized spacial score (nSPS) is 19.4. The first kappa shape index (κ1) is 30.1. The minimum absolute atomic E-state index is 0. The number of ketones is 1. The van der Waals surface area contributed by atoms with Crippen molar-refractivity contribution in [2.24, 2.45) is 16.8 Å². The van der Waals surface area contributed by atoms with Crippen LogP contribution in [0.1, 0.15) is 88.4 Å². The molecular formula is C31H45BrN2O2. The van der Waals surface area contributed by atoms with Crippen LogP contribution in [0.5, 0.6) is 5.75 Å². The number of halogens is 1. The fraction of sp³-hybridized carbons (Fsp3) is 0.548. The van der Waals surface area contributed by atoms with Crippen LogP contribution in [0, 0.1) is 11.8 Å². The lowest BCUT2D eigenvalue weighted by atomic mass is 9.78. The number of hydrogen-bond donors (Lipinski definition) is 1. The first-order valence-electron chi connectivity index (χ1n) is 13.0. The van der Waals surface area contributed by atoms with Crippen molar-refractivity contribution in [1.29, 1.82) is 0 Å². The van der Waals surface area contributed by atoms with Crippen molar-refractivity contribution in [1.82, 2.24) is 4.90 Å². The van der Waals surface area contributed by atoms with Gasteiger partial charge in [0.1, 0.15) is 11.6 Å². The van der Waals surface area contributed by atoms with Crippen molar-refractivity contribution in [3.8, 4) is 5.75 Å². The van der Waals surface area contributed by atoms with Crippen LogP contribution in [0.4, 0.5) is 0 Å². The zero-order chi connectivity index (χ0) is 26.0. The van der Waals surface area contributed by atoms with Gasteiger partial charge < -0.3 is 10.0 Å². The molecule has 1 fully saturated rings. The van der Waals surface area contributed by atoms with Gasteiger partial charge in [0, 0.05) is 36.2 Å². The van der Waals surface area contributed by atoms with Crippen LogP contribution in [0.15, 0.2) is 47.5 Å². The number of hydrogen-bond acceptors (Lipinski definition) is 3. The molecule has 2 aromatic rings. The molecular weight excluding hydrogens is 512 g/mol. The number of carbonyl (C=O) groups excluding carboxylic acids is 1. The maximum absolute atomic E-state index is 13.7. The third-order valence-electron chi connectivity index (χ3n) is 7.25. The molecule has 0 aromatic heterocycles. The molecule has 1 saturated heterocycles. The summed E-state index contributed by atoms with van der Waals surface area (Å²) >= 11 is 0. The molecule has 0 bridgehead atoms. The molecule has 4 nitrogen and oxygen atoms in total. The molecule has 0 radical (unpaired) electrons. The minimum atomic E-state index is -0.267. The number of likely N-dealkylation sites (tertiary alicyclic amines) is 1. The Morgan fingerprint density at radius 3 is 2.06 bits per heavy atom. The number of carbonyl (C=O) groups is 1. The lowest BCUT2D eigenvalue weighted by molar-refractivity contribution is 0.0963. The van der Waals surface area contributed by atoms with E-state index in [1.807, 2.05) is 19.2 Å². The van der Waals surface area contributed by atoms with Gasteiger partial charge >= 0.3 is 0 Å². The number of nitrogens with zero attached hydrogens (tertiary/aromatic N) is 2. The Balaban J connectivity index is 0.00000456. The molecule has 0 amide bonds. The smallest absolute Gasteiger partial charge is 0.182 e. The molecule has 1 heterocycles. The molecule has 1 aliphatic heterocycles. The number of amidine groups is 1. The van der Waals surface area contributed by atoms with E-state index in [1.54, 1.807) is 0 Å². The van der Waals surface area contributed by atoms with Gasteiger partial charge in [-0.2, -0.15) is 0 Å². The highest BCUT2D eigenvalue weighted by atomic mass is 79.9. The van der Waals surface area contributed by atoms with E-state index < -0.39 is 0 Å². The fourth-order valence-electron chi connectivity index (χ4n) is 5.39. The number of phenolic OH excluding ortho intramolecular Hbond substituents is 1. The number of aromatic hydroxyl groups is 1. The summed E-state index contributed by atoms with van der Waals surface area (Å²) in [6, 6.07) is 14.4. The van der Waals surface area contributed by atoms with Crippen molar-refractivity contribution in [2.45, 2.75) is 78.6 Å². The van der Waals surface area contributed by atoms with E-state index >= 15 is 0 Å². The second-order valence-corrected chi connectivity index (χ2v) is 12.2. The highest BCUT2D eigenvalue weighted by molar-refractivity contribution is 8.93. The van der Waals surface area contributed by atoms with Crippen LogP contribution in [0.25, 0.3) is 0 Å². The maximum atomic E-state index is 13.7. The molecule has 5 heteroatoms. The zero-order valence-corrected chi connectivity index (χ0v) is 25.1. The van der Waals surface area contributed by atoms with Gasteiger partial charge in [0.05, 0.1) is 6.54 Å². The van der Waals surface area contributed by atoms with E-state index in [4.69, 9.17) is 4.99 Å². The van der Waals surface area contributed by atoms with Gasteiger partial charge in [0.15, 0.2) is 5.78 Å². The van der Waals surface area contributed by atoms with Gasteiger partial charge in [-0.05, 0) is 47.3 Å². The highest BCUT2D eigenvalue weighted by Gasteiger charge is 2.38. The first-order chi connectivity index (χ1) is 16.4. The van der Waals surface area contributed by atoms with Crippen LogP contribution < -0.4 is 0 Å². The van der Waals surface area contributed by atoms with Crippen molar-refractivity contribution in [3.63, 3.8) is 0 Å². The molecule has 1 aliphatic rings. The monoisotopic (exact) mass is 556 g/mol. The van der Waals surface area contributed by atoms with E-state index in [0.29, 0.717) is 29.7 Å². The fourth-order valence-corrected chi connectivity index (χ4v) is 5.39. The van der Waals surface area contributed by atoms with Crippen LogP contribution >= 0.6 is 17.0 Å². The Labute approximate surface area is 229 Å². The second-order valence-electron chi connectivity index (χ2n) is 12.2. The first-order valence-corrected chi connectivity index (χ1v) is 13.0. The zero-order valence-electron chi connectivity index (χ0n) is 23.4. The average molecular weight is 558 g/mol. The standard InChI is InChI=1S/C31H44N2O2.BrH/c1-9-13-22-19-33(29(32-8)24(22)16-21-14-11-10-12-15-21)20-27(34)23-17-25(30(2,3)4)28(35)26(18-23)31(5,6)7;/h10-12,14-15,17-18,22,24,35H,9,13,16,19-20H2,1-8H3;1H/t22-,24+;/m0./s1. The summed E-state index contributed by atoms with van der Waals surface area (Å²) in [6.07, 6.45) is 3.20. The molecule has 198 valence electrons. The summed E-state index contributed by atoms with van der Waals surface area (Å²) in [5.41, 5.74) is 3.10. The predicted octanol–water partition coefficient (Wildman–Crippen LogP) is 7.37. The summed E-state index contributed by atoms with van der Waals surface area (Å²) in [6.45, 7) is 15.9. The summed E-state index contributed by atoms with van der Waals surface area (Å²) in [5.74, 6) is 2.25. The van der Waals surface area contributed by atoms with Gasteiger partial charge in [-0.1, -0.05) is 85.2 Å².